The first-order chi connectivity index (χ1) is 16.8. The van der Waals surface area contributed by atoms with Crippen LogP contribution in [0.5, 0.6) is 0 Å². The van der Waals surface area contributed by atoms with Gasteiger partial charge in [-0.1, -0.05) is 30.7 Å². The molecular weight excluding hydrogens is 470 g/mol. The van der Waals surface area contributed by atoms with E-state index >= 15 is 0 Å². The van der Waals surface area contributed by atoms with E-state index in [0.717, 1.165) is 12.0 Å². The summed E-state index contributed by atoms with van der Waals surface area (Å²) in [5.41, 5.74) is 1.81. The summed E-state index contributed by atoms with van der Waals surface area (Å²) in [4.78, 5) is 44.4. The Kier molecular flexibility index (Phi) is 9.40. The number of hydrogen-bond acceptors (Lipinski definition) is 5. The summed E-state index contributed by atoms with van der Waals surface area (Å²) in [6, 6.07) is 6.12. The molecule has 10 heteroatoms. The van der Waals surface area contributed by atoms with Gasteiger partial charge < -0.3 is 20.3 Å². The fraction of sp³-hybridized carbons (Fsp3) is 0.560. The predicted molar refractivity (Wildman–Crippen MR) is 135 cm³/mol. The highest BCUT2D eigenvalue weighted by Crippen LogP contribution is 2.33. The molecule has 2 heterocycles. The van der Waals surface area contributed by atoms with Gasteiger partial charge in [-0.3, -0.25) is 9.80 Å². The molecule has 4 amide bonds. The summed E-state index contributed by atoms with van der Waals surface area (Å²) in [5.74, 6) is -0.452. The molecule has 0 unspecified atom stereocenters. The monoisotopic (exact) mass is 505 g/mol. The van der Waals surface area contributed by atoms with Crippen LogP contribution in [-0.4, -0.2) is 84.6 Å². The molecule has 2 aliphatic rings. The largest absolute Gasteiger partial charge is 0.463 e. The van der Waals surface area contributed by atoms with Crippen molar-refractivity contribution in [1.29, 1.82) is 0 Å². The van der Waals surface area contributed by atoms with E-state index in [4.69, 9.17) is 16.3 Å². The van der Waals surface area contributed by atoms with Crippen molar-refractivity contribution in [2.45, 2.75) is 46.2 Å². The summed E-state index contributed by atoms with van der Waals surface area (Å²) < 4.78 is 5.43. The molecule has 2 aliphatic heterocycles. The molecule has 0 bridgehead atoms. The van der Waals surface area contributed by atoms with Crippen LogP contribution in [0.25, 0.3) is 0 Å². The minimum Gasteiger partial charge on any atom is -0.463 e. The SMILES string of the molecule is CCCNC(=O)N1CCN(CC2=C(C(=O)OCC)[C@@H](c3ccc(Cl)cc3)NC(=O)N2CC)C[C@H]1C. The fourth-order valence-corrected chi connectivity index (χ4v) is 4.71. The molecule has 1 fully saturated rings. The molecule has 0 saturated carbocycles. The van der Waals surface area contributed by atoms with Crippen molar-refractivity contribution in [3.8, 4) is 0 Å². The second-order valence-electron chi connectivity index (χ2n) is 8.77. The number of ether oxygens (including phenoxy) is 1. The molecule has 1 aromatic carbocycles. The van der Waals surface area contributed by atoms with E-state index in [1.165, 1.54) is 0 Å². The van der Waals surface area contributed by atoms with Crippen LogP contribution in [0.3, 0.4) is 0 Å². The normalized spacial score (nSPS) is 21.1. The third kappa shape index (κ3) is 6.27. The summed E-state index contributed by atoms with van der Waals surface area (Å²) in [5, 5.41) is 6.48. The van der Waals surface area contributed by atoms with Crippen LogP contribution < -0.4 is 10.6 Å². The van der Waals surface area contributed by atoms with Gasteiger partial charge in [-0.15, -0.1) is 0 Å². The molecular formula is C25H36ClN5O4. The molecule has 1 aromatic rings. The molecule has 0 aromatic heterocycles. The third-order valence-corrected chi connectivity index (χ3v) is 6.58. The van der Waals surface area contributed by atoms with Crippen LogP contribution in [0.15, 0.2) is 35.5 Å². The Labute approximate surface area is 212 Å². The van der Waals surface area contributed by atoms with E-state index < -0.39 is 12.0 Å². The first kappa shape index (κ1) is 26.8. The Bertz CT molecular complexity index is 952. The van der Waals surface area contributed by atoms with Gasteiger partial charge in [0.2, 0.25) is 0 Å². The van der Waals surface area contributed by atoms with Gasteiger partial charge in [0.1, 0.15) is 0 Å². The maximum atomic E-state index is 13.2. The van der Waals surface area contributed by atoms with Gasteiger partial charge in [-0.05, 0) is 44.9 Å². The maximum Gasteiger partial charge on any atom is 0.338 e. The lowest BCUT2D eigenvalue weighted by Gasteiger charge is -2.42. The Morgan fingerprint density at radius 1 is 1.17 bits per heavy atom. The minimum absolute atomic E-state index is 0.00759. The average Bonchev–Trinajstić information content (AvgIpc) is 2.83. The maximum absolute atomic E-state index is 13.2. The van der Waals surface area contributed by atoms with Crippen molar-refractivity contribution in [1.82, 2.24) is 25.3 Å². The molecule has 9 nitrogen and oxygen atoms in total. The number of rotatable bonds is 8. The number of nitrogens with one attached hydrogen (secondary N) is 2. The van der Waals surface area contributed by atoms with Gasteiger partial charge in [-0.2, -0.15) is 0 Å². The first-order valence-corrected chi connectivity index (χ1v) is 12.7. The Balaban J connectivity index is 1.92. The van der Waals surface area contributed by atoms with Crippen LogP contribution >= 0.6 is 11.6 Å². The number of halogens is 1. The van der Waals surface area contributed by atoms with Crippen molar-refractivity contribution < 1.29 is 19.1 Å². The van der Waals surface area contributed by atoms with E-state index in [1.807, 2.05) is 37.8 Å². The number of hydrogen-bond donors (Lipinski definition) is 2. The van der Waals surface area contributed by atoms with Gasteiger partial charge in [-0.25, -0.2) is 14.4 Å². The zero-order valence-electron chi connectivity index (χ0n) is 21.0. The zero-order valence-corrected chi connectivity index (χ0v) is 21.7. The van der Waals surface area contributed by atoms with E-state index in [1.54, 1.807) is 24.0 Å². The number of carbonyl (C=O) groups excluding carboxylic acids is 3. The number of piperazine rings is 1. The van der Waals surface area contributed by atoms with Crippen LogP contribution in [0, 0.1) is 0 Å². The predicted octanol–water partition coefficient (Wildman–Crippen LogP) is 3.37. The number of esters is 1. The second kappa shape index (κ2) is 12.3. The molecule has 192 valence electrons. The summed E-state index contributed by atoms with van der Waals surface area (Å²) in [6.07, 6.45) is 0.884. The van der Waals surface area contributed by atoms with Gasteiger partial charge >= 0.3 is 18.0 Å². The fourth-order valence-electron chi connectivity index (χ4n) is 4.59. The number of urea groups is 2. The molecule has 0 aliphatic carbocycles. The van der Waals surface area contributed by atoms with Crippen LogP contribution in [0.4, 0.5) is 9.59 Å². The third-order valence-electron chi connectivity index (χ3n) is 6.33. The van der Waals surface area contributed by atoms with E-state index in [-0.39, 0.29) is 24.7 Å². The Hall–Kier alpha value is -2.78. The summed E-state index contributed by atoms with van der Waals surface area (Å²) in [6.45, 7) is 11.2. The lowest BCUT2D eigenvalue weighted by Crippen LogP contribution is -2.58. The second-order valence-corrected chi connectivity index (χ2v) is 9.21. The van der Waals surface area contributed by atoms with Crippen molar-refractivity contribution in [2.75, 3.05) is 45.9 Å². The quantitative estimate of drug-likeness (QED) is 0.528. The topological polar surface area (TPSA) is 94.2 Å². The van der Waals surface area contributed by atoms with Gasteiger partial charge in [0, 0.05) is 56.0 Å². The lowest BCUT2D eigenvalue weighted by molar-refractivity contribution is -0.139. The summed E-state index contributed by atoms with van der Waals surface area (Å²) in [7, 11) is 0. The van der Waals surface area contributed by atoms with Crippen LogP contribution in [0.2, 0.25) is 5.02 Å². The standard InChI is InChI=1S/C25H36ClN5O4/c1-5-12-27-24(33)31-14-13-29(15-17(31)4)16-20-21(23(32)35-7-3)22(28-25(34)30(20)6-2)18-8-10-19(26)11-9-18/h8-11,17,22H,5-7,12-16H2,1-4H3,(H,27,33)(H,28,34)/t17-,22-/m1/s1. The van der Waals surface area contributed by atoms with Crippen molar-refractivity contribution in [3.63, 3.8) is 0 Å². The summed E-state index contributed by atoms with van der Waals surface area (Å²) >= 11 is 6.07. The van der Waals surface area contributed by atoms with Crippen LogP contribution in [0.1, 0.15) is 45.7 Å². The van der Waals surface area contributed by atoms with Gasteiger partial charge in [0.05, 0.1) is 18.2 Å². The molecule has 0 spiro atoms. The van der Waals surface area contributed by atoms with Crippen molar-refractivity contribution in [3.05, 3.63) is 46.1 Å². The highest BCUT2D eigenvalue weighted by molar-refractivity contribution is 6.30. The Morgan fingerprint density at radius 2 is 1.89 bits per heavy atom. The lowest BCUT2D eigenvalue weighted by atomic mass is 9.94. The van der Waals surface area contributed by atoms with E-state index in [9.17, 15) is 14.4 Å². The average molecular weight is 506 g/mol. The highest BCUT2D eigenvalue weighted by Gasteiger charge is 2.39. The molecule has 35 heavy (non-hydrogen) atoms. The Morgan fingerprint density at radius 3 is 2.49 bits per heavy atom. The minimum atomic E-state index is -0.643. The van der Waals surface area contributed by atoms with Gasteiger partial charge in [0.25, 0.3) is 0 Å². The smallest absolute Gasteiger partial charge is 0.338 e. The van der Waals surface area contributed by atoms with Crippen LogP contribution in [-0.2, 0) is 9.53 Å². The van der Waals surface area contributed by atoms with Gasteiger partial charge in [0.15, 0.2) is 0 Å². The number of amides is 4. The number of carbonyl (C=O) groups is 3. The number of nitrogens with zero attached hydrogens (tertiary/aromatic N) is 3. The molecule has 1 saturated heterocycles. The van der Waals surface area contributed by atoms with Crippen molar-refractivity contribution >= 4 is 29.6 Å². The number of likely N-dealkylation sites (N-methyl/N-ethyl adjacent to an activating group) is 1. The zero-order chi connectivity index (χ0) is 25.5. The molecule has 3 rings (SSSR count). The van der Waals surface area contributed by atoms with Crippen molar-refractivity contribution in [2.24, 2.45) is 0 Å². The van der Waals surface area contributed by atoms with E-state index in [0.29, 0.717) is 55.6 Å². The molecule has 2 N–H and O–H groups in total. The first-order valence-electron chi connectivity index (χ1n) is 12.3. The highest BCUT2D eigenvalue weighted by atomic mass is 35.5. The van der Waals surface area contributed by atoms with E-state index in [2.05, 4.69) is 15.5 Å². The molecule has 0 radical (unpaired) electrons. The number of benzene rings is 1. The molecule has 2 atom stereocenters.